The molecule has 0 saturated carbocycles. The number of nitrogens with one attached hydrogen (secondary N) is 1. The quantitative estimate of drug-likeness (QED) is 0.368. The van der Waals surface area contributed by atoms with Crippen molar-refractivity contribution in [2.24, 2.45) is 0 Å². The van der Waals surface area contributed by atoms with Crippen molar-refractivity contribution in [1.29, 1.82) is 0 Å². The molecule has 0 spiro atoms. The van der Waals surface area contributed by atoms with Crippen LogP contribution in [0.3, 0.4) is 0 Å². The van der Waals surface area contributed by atoms with Gasteiger partial charge in [-0.05, 0) is 50.6 Å². The number of nitrogens with two attached hydrogens (primary N) is 1. The van der Waals surface area contributed by atoms with E-state index in [1.807, 2.05) is 30.3 Å². The summed E-state index contributed by atoms with van der Waals surface area (Å²) in [5.74, 6) is -1.15. The highest BCUT2D eigenvalue weighted by Crippen LogP contribution is 2.13. The molecule has 0 bridgehead atoms. The average Bonchev–Trinajstić information content (AvgIpc) is 2.81. The number of ether oxygens (including phenoxy) is 1. The molecule has 34 heavy (non-hydrogen) atoms. The Morgan fingerprint density at radius 1 is 1.00 bits per heavy atom. The predicted molar refractivity (Wildman–Crippen MR) is 130 cm³/mol. The summed E-state index contributed by atoms with van der Waals surface area (Å²) in [7, 11) is 0. The Morgan fingerprint density at radius 2 is 1.65 bits per heavy atom. The largest absolute Gasteiger partial charge is 0.459 e. The third kappa shape index (κ3) is 5.43. The molecule has 0 aliphatic heterocycles. The predicted octanol–water partition coefficient (Wildman–Crippen LogP) is 2.52. The maximum atomic E-state index is 13.0. The van der Waals surface area contributed by atoms with Gasteiger partial charge in [-0.15, -0.1) is 0 Å². The number of benzene rings is 2. The van der Waals surface area contributed by atoms with Crippen molar-refractivity contribution in [1.82, 2.24) is 9.13 Å². The fraction of sp³-hybridized carbons (Fsp3) is 0.280. The molecular formula is C25H28N4O5. The second-order valence-electron chi connectivity index (χ2n) is 7.97. The van der Waals surface area contributed by atoms with E-state index in [1.54, 1.807) is 45.0 Å². The number of carbonyl (C=O) groups is 2. The average molecular weight is 465 g/mol. The molecule has 0 aliphatic rings. The van der Waals surface area contributed by atoms with Crippen LogP contribution in [0.15, 0.2) is 64.2 Å². The normalized spacial score (nSPS) is 10.8. The number of rotatable bonds is 9. The van der Waals surface area contributed by atoms with Gasteiger partial charge in [0.25, 0.3) is 5.56 Å². The fourth-order valence-corrected chi connectivity index (χ4v) is 3.45. The maximum absolute atomic E-state index is 13.0. The molecular weight excluding hydrogens is 436 g/mol. The van der Waals surface area contributed by atoms with Crippen LogP contribution in [-0.4, -0.2) is 33.5 Å². The van der Waals surface area contributed by atoms with Gasteiger partial charge in [0.1, 0.15) is 11.4 Å². The van der Waals surface area contributed by atoms with Crippen LogP contribution in [0.4, 0.5) is 11.5 Å². The first kappa shape index (κ1) is 24.5. The maximum Gasteiger partial charge on any atom is 0.338 e. The van der Waals surface area contributed by atoms with Gasteiger partial charge < -0.3 is 15.8 Å². The van der Waals surface area contributed by atoms with E-state index in [-0.39, 0.29) is 37.1 Å². The lowest BCUT2D eigenvalue weighted by Crippen LogP contribution is -2.44. The number of esters is 1. The molecule has 9 nitrogen and oxygen atoms in total. The van der Waals surface area contributed by atoms with Crippen LogP contribution in [0.2, 0.25) is 0 Å². The molecule has 1 aromatic heterocycles. The molecule has 0 unspecified atom stereocenters. The second-order valence-corrected chi connectivity index (χ2v) is 7.97. The number of carbonyl (C=O) groups excluding carboxylic acids is 2. The lowest BCUT2D eigenvalue weighted by atomic mass is 10.1. The molecule has 3 rings (SSSR count). The number of ketones is 1. The smallest absolute Gasteiger partial charge is 0.338 e. The van der Waals surface area contributed by atoms with Gasteiger partial charge in [0.15, 0.2) is 5.78 Å². The first-order valence-electron chi connectivity index (χ1n) is 11.0. The topological polar surface area (TPSA) is 125 Å². The van der Waals surface area contributed by atoms with Gasteiger partial charge in [-0.1, -0.05) is 30.3 Å². The van der Waals surface area contributed by atoms with Crippen molar-refractivity contribution in [3.63, 3.8) is 0 Å². The van der Waals surface area contributed by atoms with Gasteiger partial charge in [-0.25, -0.2) is 9.59 Å². The Bertz CT molecular complexity index is 1290. The zero-order valence-electron chi connectivity index (χ0n) is 19.4. The van der Waals surface area contributed by atoms with Gasteiger partial charge >= 0.3 is 11.7 Å². The summed E-state index contributed by atoms with van der Waals surface area (Å²) in [6.07, 6.45) is -0.231. The van der Waals surface area contributed by atoms with E-state index in [0.29, 0.717) is 11.3 Å². The van der Waals surface area contributed by atoms with Crippen LogP contribution < -0.4 is 22.3 Å². The Morgan fingerprint density at radius 3 is 2.24 bits per heavy atom. The van der Waals surface area contributed by atoms with Crippen LogP contribution in [0.5, 0.6) is 0 Å². The molecule has 0 radical (unpaired) electrons. The monoisotopic (exact) mass is 464 g/mol. The van der Waals surface area contributed by atoms with E-state index in [9.17, 15) is 19.2 Å². The highest BCUT2D eigenvalue weighted by atomic mass is 16.5. The molecule has 0 atom stereocenters. The second kappa shape index (κ2) is 10.7. The standard InChI is InChI=1S/C25H28N4O5/c1-4-28-23(31)21(22(26)29(25(28)33)15-17-8-6-5-7-9-17)20(30)14-27-19-12-10-18(11-13-19)24(32)34-16(2)3/h5-13,16,27H,4,14-15,26H2,1-3H3. The molecule has 3 aromatic rings. The summed E-state index contributed by atoms with van der Waals surface area (Å²) in [6, 6.07) is 15.6. The SMILES string of the molecule is CCn1c(=O)c(C(=O)CNc2ccc(C(=O)OC(C)C)cc2)c(N)n(Cc2ccccc2)c1=O. The van der Waals surface area contributed by atoms with Crippen molar-refractivity contribution in [2.45, 2.75) is 40.0 Å². The van der Waals surface area contributed by atoms with E-state index in [4.69, 9.17) is 10.5 Å². The molecule has 0 amide bonds. The molecule has 178 valence electrons. The molecule has 3 N–H and O–H groups in total. The molecule has 0 aliphatic carbocycles. The molecule has 1 heterocycles. The highest BCUT2D eigenvalue weighted by Gasteiger charge is 2.22. The van der Waals surface area contributed by atoms with Crippen LogP contribution in [-0.2, 0) is 17.8 Å². The number of hydrogen-bond acceptors (Lipinski definition) is 7. The summed E-state index contributed by atoms with van der Waals surface area (Å²) in [5.41, 5.74) is 6.42. The molecule has 0 fully saturated rings. The minimum atomic E-state index is -0.715. The number of Topliss-reactive ketones (excluding diaryl/α,β-unsaturated/α-hetero) is 1. The van der Waals surface area contributed by atoms with E-state index < -0.39 is 23.0 Å². The van der Waals surface area contributed by atoms with Crippen LogP contribution in [0.25, 0.3) is 0 Å². The number of hydrogen-bond donors (Lipinski definition) is 2. The van der Waals surface area contributed by atoms with E-state index in [0.717, 1.165) is 10.1 Å². The van der Waals surface area contributed by atoms with Gasteiger partial charge in [-0.2, -0.15) is 0 Å². The Balaban J connectivity index is 1.84. The van der Waals surface area contributed by atoms with Gasteiger partial charge in [0.2, 0.25) is 0 Å². The lowest BCUT2D eigenvalue weighted by Gasteiger charge is -2.16. The summed E-state index contributed by atoms with van der Waals surface area (Å²) >= 11 is 0. The number of nitrogen functional groups attached to an aromatic ring is 1. The van der Waals surface area contributed by atoms with Crippen molar-refractivity contribution in [2.75, 3.05) is 17.6 Å². The molecule has 2 aromatic carbocycles. The third-order valence-corrected chi connectivity index (χ3v) is 5.16. The summed E-state index contributed by atoms with van der Waals surface area (Å²) in [4.78, 5) is 50.7. The Hall–Kier alpha value is -4.14. The van der Waals surface area contributed by atoms with Crippen molar-refractivity contribution >= 4 is 23.3 Å². The molecule has 0 saturated heterocycles. The van der Waals surface area contributed by atoms with Crippen LogP contribution in [0, 0.1) is 0 Å². The highest BCUT2D eigenvalue weighted by molar-refractivity contribution is 6.02. The van der Waals surface area contributed by atoms with E-state index in [1.165, 1.54) is 4.57 Å². The first-order valence-corrected chi connectivity index (χ1v) is 11.0. The molecule has 9 heteroatoms. The summed E-state index contributed by atoms with van der Waals surface area (Å²) < 4.78 is 7.39. The number of nitrogens with zero attached hydrogens (tertiary/aromatic N) is 2. The van der Waals surface area contributed by atoms with Crippen molar-refractivity contribution in [3.05, 3.63) is 92.1 Å². The number of aromatic nitrogens is 2. The van der Waals surface area contributed by atoms with Crippen molar-refractivity contribution < 1.29 is 14.3 Å². The minimum absolute atomic E-state index is 0.106. The minimum Gasteiger partial charge on any atom is -0.459 e. The fourth-order valence-electron chi connectivity index (χ4n) is 3.45. The van der Waals surface area contributed by atoms with E-state index >= 15 is 0 Å². The van der Waals surface area contributed by atoms with Gasteiger partial charge in [0, 0.05) is 12.2 Å². The first-order chi connectivity index (χ1) is 16.2. The zero-order valence-corrected chi connectivity index (χ0v) is 19.4. The zero-order chi connectivity index (χ0) is 24.8. The van der Waals surface area contributed by atoms with Gasteiger partial charge in [0.05, 0.1) is 24.8 Å². The Kier molecular flexibility index (Phi) is 7.68. The van der Waals surface area contributed by atoms with Crippen molar-refractivity contribution in [3.8, 4) is 0 Å². The summed E-state index contributed by atoms with van der Waals surface area (Å²) in [6.45, 7) is 5.20. The Labute approximate surface area is 196 Å². The van der Waals surface area contributed by atoms with Crippen LogP contribution in [0.1, 0.15) is 47.1 Å². The summed E-state index contributed by atoms with van der Waals surface area (Å²) in [5, 5.41) is 2.93. The van der Waals surface area contributed by atoms with Crippen LogP contribution >= 0.6 is 0 Å². The number of anilines is 2. The van der Waals surface area contributed by atoms with E-state index in [2.05, 4.69) is 5.32 Å². The third-order valence-electron chi connectivity index (χ3n) is 5.16. The lowest BCUT2D eigenvalue weighted by molar-refractivity contribution is 0.0378. The van der Waals surface area contributed by atoms with Gasteiger partial charge in [-0.3, -0.25) is 18.7 Å².